The van der Waals surface area contributed by atoms with Crippen molar-refractivity contribution >= 4 is 5.95 Å². The van der Waals surface area contributed by atoms with Gasteiger partial charge in [-0.25, -0.2) is 4.98 Å². The number of hydrogen-bond acceptors (Lipinski definition) is 3. The molecular weight excluding hydrogens is 176 g/mol. The van der Waals surface area contributed by atoms with Crippen LogP contribution in [0, 0.1) is 0 Å². The highest BCUT2D eigenvalue weighted by Gasteiger charge is 2.09. The summed E-state index contributed by atoms with van der Waals surface area (Å²) in [6, 6.07) is 0. The van der Waals surface area contributed by atoms with Gasteiger partial charge in [0.1, 0.15) is 0 Å². The molecule has 1 aromatic rings. The van der Waals surface area contributed by atoms with Gasteiger partial charge in [0.15, 0.2) is 0 Å². The Morgan fingerprint density at radius 3 is 2.79 bits per heavy atom. The van der Waals surface area contributed by atoms with E-state index in [1.165, 1.54) is 0 Å². The lowest BCUT2D eigenvalue weighted by molar-refractivity contribution is 0.680. The first-order valence-electron chi connectivity index (χ1n) is 5.29. The highest BCUT2D eigenvalue weighted by molar-refractivity contribution is 5.30. The molecule has 0 saturated carbocycles. The summed E-state index contributed by atoms with van der Waals surface area (Å²) in [5, 5.41) is 0. The first-order valence-corrected chi connectivity index (χ1v) is 5.29. The summed E-state index contributed by atoms with van der Waals surface area (Å²) in [7, 11) is 0. The number of nitrogens with zero attached hydrogens (tertiary/aromatic N) is 3. The van der Waals surface area contributed by atoms with E-state index in [2.05, 4.69) is 28.3 Å². The third kappa shape index (κ3) is 2.48. The molecule has 0 saturated heterocycles. The predicted octanol–water partition coefficient (Wildman–Crippen LogP) is 1.08. The summed E-state index contributed by atoms with van der Waals surface area (Å²) in [5.41, 5.74) is 5.58. The average molecular weight is 196 g/mol. The van der Waals surface area contributed by atoms with Crippen LogP contribution in [0.2, 0.25) is 0 Å². The number of nitrogens with two attached hydrogens (primary N) is 1. The van der Waals surface area contributed by atoms with E-state index in [1.807, 2.05) is 12.4 Å². The van der Waals surface area contributed by atoms with Gasteiger partial charge in [-0.05, 0) is 13.3 Å². The maximum Gasteiger partial charge on any atom is 0.205 e. The monoisotopic (exact) mass is 196 g/mol. The molecule has 0 aliphatic heterocycles. The van der Waals surface area contributed by atoms with Gasteiger partial charge in [-0.2, -0.15) is 0 Å². The quantitative estimate of drug-likeness (QED) is 0.740. The lowest BCUT2D eigenvalue weighted by Gasteiger charge is -2.22. The van der Waals surface area contributed by atoms with E-state index in [0.29, 0.717) is 6.54 Å². The van der Waals surface area contributed by atoms with Crippen molar-refractivity contribution < 1.29 is 0 Å². The zero-order valence-corrected chi connectivity index (χ0v) is 9.11. The Morgan fingerprint density at radius 2 is 2.21 bits per heavy atom. The van der Waals surface area contributed by atoms with E-state index in [0.717, 1.165) is 32.0 Å². The molecule has 4 heteroatoms. The van der Waals surface area contributed by atoms with Crippen molar-refractivity contribution in [3.63, 3.8) is 0 Å². The zero-order valence-electron chi connectivity index (χ0n) is 9.11. The van der Waals surface area contributed by atoms with Crippen molar-refractivity contribution in [2.75, 3.05) is 24.5 Å². The van der Waals surface area contributed by atoms with Crippen LogP contribution in [0.25, 0.3) is 0 Å². The molecule has 1 aromatic heterocycles. The molecule has 0 spiro atoms. The van der Waals surface area contributed by atoms with E-state index in [9.17, 15) is 0 Å². The largest absolute Gasteiger partial charge is 0.341 e. The Kier molecular flexibility index (Phi) is 4.46. The molecule has 0 aliphatic carbocycles. The van der Waals surface area contributed by atoms with Crippen molar-refractivity contribution in [3.8, 4) is 0 Å². The van der Waals surface area contributed by atoms with Crippen LogP contribution in [0.3, 0.4) is 0 Å². The van der Waals surface area contributed by atoms with E-state index < -0.39 is 0 Å². The van der Waals surface area contributed by atoms with Crippen molar-refractivity contribution in [1.82, 2.24) is 9.55 Å². The minimum Gasteiger partial charge on any atom is -0.341 e. The zero-order chi connectivity index (χ0) is 10.4. The van der Waals surface area contributed by atoms with Gasteiger partial charge in [0, 0.05) is 38.6 Å². The highest BCUT2D eigenvalue weighted by atomic mass is 15.3. The minimum absolute atomic E-state index is 0.677. The Labute approximate surface area is 85.7 Å². The lowest BCUT2D eigenvalue weighted by Crippen LogP contribution is -2.32. The summed E-state index contributed by atoms with van der Waals surface area (Å²) >= 11 is 0. The molecule has 0 radical (unpaired) electrons. The van der Waals surface area contributed by atoms with Crippen molar-refractivity contribution in [2.45, 2.75) is 26.8 Å². The molecule has 0 aliphatic rings. The normalized spacial score (nSPS) is 10.5. The Bertz CT molecular complexity index is 250. The maximum absolute atomic E-state index is 5.58. The van der Waals surface area contributed by atoms with E-state index in [1.54, 1.807) is 0 Å². The number of rotatable bonds is 6. The van der Waals surface area contributed by atoms with Gasteiger partial charge in [0.25, 0.3) is 0 Å². The highest BCUT2D eigenvalue weighted by Crippen LogP contribution is 2.11. The Balaban J connectivity index is 2.75. The van der Waals surface area contributed by atoms with Crippen LogP contribution in [-0.4, -0.2) is 29.2 Å². The summed E-state index contributed by atoms with van der Waals surface area (Å²) < 4.78 is 2.14. The van der Waals surface area contributed by atoms with Gasteiger partial charge in [0.2, 0.25) is 5.95 Å². The second-order valence-corrected chi connectivity index (χ2v) is 3.29. The maximum atomic E-state index is 5.58. The van der Waals surface area contributed by atoms with Crippen LogP contribution in [0.4, 0.5) is 5.95 Å². The number of aryl methyl sites for hydroxylation is 1. The topological polar surface area (TPSA) is 47.1 Å². The fraction of sp³-hybridized carbons (Fsp3) is 0.700. The third-order valence-corrected chi connectivity index (χ3v) is 2.21. The van der Waals surface area contributed by atoms with E-state index in [4.69, 9.17) is 5.73 Å². The second-order valence-electron chi connectivity index (χ2n) is 3.29. The fourth-order valence-electron chi connectivity index (χ4n) is 1.57. The molecule has 0 aromatic carbocycles. The van der Waals surface area contributed by atoms with Crippen LogP contribution in [-0.2, 0) is 6.54 Å². The number of hydrogen-bond donors (Lipinski definition) is 1. The van der Waals surface area contributed by atoms with Crippen molar-refractivity contribution in [3.05, 3.63) is 12.4 Å². The molecule has 0 amide bonds. The van der Waals surface area contributed by atoms with Crippen LogP contribution in [0.1, 0.15) is 20.3 Å². The molecule has 2 N–H and O–H groups in total. The smallest absolute Gasteiger partial charge is 0.205 e. The number of imidazole rings is 1. The van der Waals surface area contributed by atoms with Gasteiger partial charge >= 0.3 is 0 Å². The molecule has 0 unspecified atom stereocenters. The molecular formula is C10H20N4. The van der Waals surface area contributed by atoms with Crippen LogP contribution in [0.5, 0.6) is 0 Å². The number of anilines is 1. The lowest BCUT2D eigenvalue weighted by atomic mass is 10.4. The summed E-state index contributed by atoms with van der Waals surface area (Å²) in [4.78, 5) is 6.60. The van der Waals surface area contributed by atoms with Crippen LogP contribution >= 0.6 is 0 Å². The minimum atomic E-state index is 0.677. The SMILES string of the molecule is CCCN(CCN)c1nccn1CC. The summed E-state index contributed by atoms with van der Waals surface area (Å²) in [6.07, 6.45) is 4.98. The van der Waals surface area contributed by atoms with Gasteiger partial charge < -0.3 is 15.2 Å². The van der Waals surface area contributed by atoms with Crippen molar-refractivity contribution in [1.29, 1.82) is 0 Å². The molecule has 80 valence electrons. The molecule has 1 rings (SSSR count). The Morgan fingerprint density at radius 1 is 1.43 bits per heavy atom. The average Bonchev–Trinajstić information content (AvgIpc) is 2.65. The molecule has 14 heavy (non-hydrogen) atoms. The van der Waals surface area contributed by atoms with Gasteiger partial charge in [-0.1, -0.05) is 6.92 Å². The summed E-state index contributed by atoms with van der Waals surface area (Å²) in [6.45, 7) is 7.83. The van der Waals surface area contributed by atoms with Gasteiger partial charge in [-0.3, -0.25) is 0 Å². The second kappa shape index (κ2) is 5.65. The predicted molar refractivity (Wildman–Crippen MR) is 59.5 cm³/mol. The third-order valence-electron chi connectivity index (χ3n) is 2.21. The van der Waals surface area contributed by atoms with Crippen molar-refractivity contribution in [2.24, 2.45) is 5.73 Å². The molecule has 0 atom stereocenters. The molecule has 4 nitrogen and oxygen atoms in total. The fourth-order valence-corrected chi connectivity index (χ4v) is 1.57. The first kappa shape index (κ1) is 11.0. The molecule has 0 bridgehead atoms. The Hall–Kier alpha value is -1.03. The molecule has 1 heterocycles. The number of aromatic nitrogens is 2. The van der Waals surface area contributed by atoms with Crippen LogP contribution < -0.4 is 10.6 Å². The van der Waals surface area contributed by atoms with Crippen LogP contribution in [0.15, 0.2) is 12.4 Å². The van der Waals surface area contributed by atoms with E-state index in [-0.39, 0.29) is 0 Å². The first-order chi connectivity index (χ1) is 6.83. The standard InChI is InChI=1S/C10H20N4/c1-3-7-14(8-5-11)10-12-6-9-13(10)4-2/h6,9H,3-5,7-8,11H2,1-2H3. The summed E-state index contributed by atoms with van der Waals surface area (Å²) in [5.74, 6) is 1.04. The molecule has 0 fully saturated rings. The van der Waals surface area contributed by atoms with Gasteiger partial charge in [-0.15, -0.1) is 0 Å². The van der Waals surface area contributed by atoms with E-state index >= 15 is 0 Å². The van der Waals surface area contributed by atoms with Gasteiger partial charge in [0.05, 0.1) is 0 Å².